The van der Waals surface area contributed by atoms with E-state index in [-0.39, 0.29) is 0 Å². The molecule has 0 atom stereocenters. The largest absolute Gasteiger partial charge is 0.491 e. The molecule has 0 radical (unpaired) electrons. The Morgan fingerprint density at radius 2 is 1.71 bits per heavy atom. The minimum absolute atomic E-state index is 0.653. The lowest BCUT2D eigenvalue weighted by Crippen LogP contribution is -2.25. The van der Waals surface area contributed by atoms with E-state index < -0.39 is 0 Å². The van der Waals surface area contributed by atoms with Crippen LogP contribution in [-0.2, 0) is 0 Å². The number of pyridine rings is 4. The maximum Gasteiger partial charge on any atom is 0.138 e. The van der Waals surface area contributed by atoms with Gasteiger partial charge >= 0.3 is 0 Å². The van der Waals surface area contributed by atoms with Crippen molar-refractivity contribution in [2.45, 2.75) is 12.8 Å². The summed E-state index contributed by atoms with van der Waals surface area (Å²) in [5.41, 5.74) is 8.02. The van der Waals surface area contributed by atoms with Crippen LogP contribution in [0.3, 0.4) is 0 Å². The number of hydrogen-bond acceptors (Lipinski definition) is 7. The number of aromatic nitrogens is 7. The Kier molecular flexibility index (Phi) is 5.75. The number of hydrogen-bond donors (Lipinski definition) is 2. The maximum absolute atomic E-state index is 6.01. The fourth-order valence-corrected chi connectivity index (χ4v) is 5.12. The van der Waals surface area contributed by atoms with Gasteiger partial charge in [-0.05, 0) is 67.9 Å². The molecule has 6 aromatic heterocycles. The van der Waals surface area contributed by atoms with Crippen molar-refractivity contribution in [2.24, 2.45) is 0 Å². The molecule has 0 unspecified atom stereocenters. The highest BCUT2D eigenvalue weighted by atomic mass is 16.5. The van der Waals surface area contributed by atoms with Crippen LogP contribution in [-0.4, -0.2) is 66.3 Å². The number of ether oxygens (including phenoxy) is 1. The Morgan fingerprint density at radius 3 is 2.61 bits per heavy atom. The van der Waals surface area contributed by atoms with Crippen molar-refractivity contribution >= 4 is 21.9 Å². The van der Waals surface area contributed by atoms with Gasteiger partial charge in [-0.2, -0.15) is 5.10 Å². The minimum atomic E-state index is 0.653. The van der Waals surface area contributed by atoms with E-state index in [0.717, 1.165) is 81.1 Å². The molecule has 1 saturated heterocycles. The van der Waals surface area contributed by atoms with Crippen LogP contribution >= 0.6 is 0 Å². The molecule has 188 valence electrons. The Labute approximate surface area is 219 Å². The summed E-state index contributed by atoms with van der Waals surface area (Å²) < 4.78 is 6.01. The molecule has 1 fully saturated rings. The zero-order chi connectivity index (χ0) is 25.3. The first kappa shape index (κ1) is 22.6. The van der Waals surface area contributed by atoms with Crippen LogP contribution in [0, 0.1) is 0 Å². The van der Waals surface area contributed by atoms with Crippen molar-refractivity contribution in [1.29, 1.82) is 0 Å². The number of rotatable bonds is 7. The fourth-order valence-electron chi connectivity index (χ4n) is 5.12. The number of nitrogens with zero attached hydrogens (tertiary/aromatic N) is 6. The van der Waals surface area contributed by atoms with Crippen LogP contribution in [0.25, 0.3) is 55.7 Å². The average Bonchev–Trinajstić information content (AvgIpc) is 3.73. The normalized spacial score (nSPS) is 14.0. The summed E-state index contributed by atoms with van der Waals surface area (Å²) >= 11 is 0. The average molecular weight is 503 g/mol. The Hall–Kier alpha value is -4.63. The number of aromatic amines is 2. The van der Waals surface area contributed by atoms with Gasteiger partial charge in [0.25, 0.3) is 0 Å². The highest BCUT2D eigenvalue weighted by Crippen LogP contribution is 2.33. The summed E-state index contributed by atoms with van der Waals surface area (Å²) in [5, 5.41) is 8.79. The predicted molar refractivity (Wildman–Crippen MR) is 147 cm³/mol. The van der Waals surface area contributed by atoms with E-state index in [1.807, 2.05) is 48.9 Å². The zero-order valence-electron chi connectivity index (χ0n) is 20.8. The Bertz CT molecular complexity index is 1720. The third-order valence-electron chi connectivity index (χ3n) is 7.08. The summed E-state index contributed by atoms with van der Waals surface area (Å²) in [4.78, 5) is 23.9. The van der Waals surface area contributed by atoms with Crippen LogP contribution in [0.5, 0.6) is 5.75 Å². The van der Waals surface area contributed by atoms with E-state index in [1.165, 1.54) is 12.8 Å². The molecule has 0 spiro atoms. The lowest BCUT2D eigenvalue weighted by Gasteiger charge is -2.15. The monoisotopic (exact) mass is 502 g/mol. The summed E-state index contributed by atoms with van der Waals surface area (Å²) in [6, 6.07) is 12.1. The molecule has 1 aliphatic rings. The van der Waals surface area contributed by atoms with E-state index >= 15 is 0 Å². The van der Waals surface area contributed by atoms with Gasteiger partial charge in [0.1, 0.15) is 23.6 Å². The molecule has 9 nitrogen and oxygen atoms in total. The topological polar surface area (TPSA) is 108 Å². The van der Waals surface area contributed by atoms with Gasteiger partial charge in [0.05, 0.1) is 34.8 Å². The first-order chi connectivity index (χ1) is 18.8. The number of H-pyrrole nitrogens is 2. The molecule has 2 N–H and O–H groups in total. The highest BCUT2D eigenvalue weighted by molar-refractivity contribution is 5.99. The minimum Gasteiger partial charge on any atom is -0.491 e. The van der Waals surface area contributed by atoms with Crippen LogP contribution in [0.1, 0.15) is 12.8 Å². The SMILES string of the molecule is c1cc(-c2cncc3[nH]c(-c4n[nH]c5ccc(-c6cncc(OCCN7CCCC7)c6)nc45)cc23)ccn1. The van der Waals surface area contributed by atoms with Gasteiger partial charge < -0.3 is 9.72 Å². The summed E-state index contributed by atoms with van der Waals surface area (Å²) in [6.07, 6.45) is 13.4. The molecule has 0 amide bonds. The second-order valence-electron chi connectivity index (χ2n) is 9.54. The predicted octanol–water partition coefficient (Wildman–Crippen LogP) is 5.10. The van der Waals surface area contributed by atoms with E-state index in [0.29, 0.717) is 6.61 Å². The Morgan fingerprint density at radius 1 is 0.842 bits per heavy atom. The number of nitrogens with one attached hydrogen (secondary N) is 2. The molecule has 38 heavy (non-hydrogen) atoms. The van der Waals surface area contributed by atoms with Gasteiger partial charge in [-0.25, -0.2) is 4.98 Å². The van der Waals surface area contributed by atoms with Crippen LogP contribution < -0.4 is 4.74 Å². The lowest BCUT2D eigenvalue weighted by atomic mass is 10.1. The summed E-state index contributed by atoms with van der Waals surface area (Å²) in [5.74, 6) is 0.753. The molecule has 7 heterocycles. The van der Waals surface area contributed by atoms with Gasteiger partial charge in [-0.3, -0.25) is 25.0 Å². The highest BCUT2D eigenvalue weighted by Gasteiger charge is 2.16. The maximum atomic E-state index is 6.01. The van der Waals surface area contributed by atoms with Crippen LogP contribution in [0.15, 0.2) is 73.6 Å². The van der Waals surface area contributed by atoms with E-state index in [9.17, 15) is 0 Å². The first-order valence-corrected chi connectivity index (χ1v) is 12.8. The number of fused-ring (bicyclic) bond motifs is 2. The van der Waals surface area contributed by atoms with Gasteiger partial charge in [-0.15, -0.1) is 0 Å². The molecule has 7 rings (SSSR count). The van der Waals surface area contributed by atoms with Gasteiger partial charge in [0, 0.05) is 47.8 Å². The molecule has 0 aliphatic carbocycles. The molecule has 9 heteroatoms. The second kappa shape index (κ2) is 9.68. The number of likely N-dealkylation sites (tertiary alicyclic amines) is 1. The first-order valence-electron chi connectivity index (χ1n) is 12.8. The van der Waals surface area contributed by atoms with E-state index in [2.05, 4.69) is 41.1 Å². The third-order valence-corrected chi connectivity index (χ3v) is 7.08. The molecule has 1 aliphatic heterocycles. The fraction of sp³-hybridized carbons (Fsp3) is 0.207. The quantitative estimate of drug-likeness (QED) is 0.313. The molecular formula is C29H26N8O. The zero-order valence-corrected chi connectivity index (χ0v) is 20.8. The van der Waals surface area contributed by atoms with Crippen molar-refractivity contribution in [1.82, 2.24) is 40.0 Å². The lowest BCUT2D eigenvalue weighted by molar-refractivity contribution is 0.237. The Balaban J connectivity index is 1.20. The van der Waals surface area contributed by atoms with Crippen molar-refractivity contribution in [3.05, 3.63) is 73.6 Å². The van der Waals surface area contributed by atoms with Crippen molar-refractivity contribution in [2.75, 3.05) is 26.2 Å². The summed E-state index contributed by atoms with van der Waals surface area (Å²) in [7, 11) is 0. The van der Waals surface area contributed by atoms with Gasteiger partial charge in [-0.1, -0.05) is 0 Å². The van der Waals surface area contributed by atoms with Gasteiger partial charge in [0.2, 0.25) is 0 Å². The van der Waals surface area contributed by atoms with Gasteiger partial charge in [0.15, 0.2) is 0 Å². The summed E-state index contributed by atoms with van der Waals surface area (Å²) in [6.45, 7) is 3.92. The third kappa shape index (κ3) is 4.26. The van der Waals surface area contributed by atoms with E-state index in [4.69, 9.17) is 9.72 Å². The van der Waals surface area contributed by atoms with E-state index in [1.54, 1.807) is 18.6 Å². The molecule has 6 aromatic rings. The van der Waals surface area contributed by atoms with Crippen LogP contribution in [0.2, 0.25) is 0 Å². The molecule has 0 saturated carbocycles. The second-order valence-corrected chi connectivity index (χ2v) is 9.54. The van der Waals surface area contributed by atoms with Crippen LogP contribution in [0.4, 0.5) is 0 Å². The molecule has 0 aromatic carbocycles. The molecular weight excluding hydrogens is 476 g/mol. The molecule has 0 bridgehead atoms. The van der Waals surface area contributed by atoms with Crippen molar-refractivity contribution in [3.8, 4) is 39.5 Å². The van der Waals surface area contributed by atoms with Crippen molar-refractivity contribution in [3.63, 3.8) is 0 Å². The van der Waals surface area contributed by atoms with Crippen molar-refractivity contribution < 1.29 is 4.74 Å². The smallest absolute Gasteiger partial charge is 0.138 e. The standard InChI is InChI=1S/C29H26N8O/c1-2-10-37(9-1)11-12-38-21-13-20(15-31-16-21)24-3-4-25-28(34-24)29(36-35-25)26-14-22-23(17-32-18-27(22)33-26)19-5-7-30-8-6-19/h3-8,13-18,33H,1-2,9-12H2,(H,35,36).